The van der Waals surface area contributed by atoms with Gasteiger partial charge in [-0.15, -0.1) is 0 Å². The van der Waals surface area contributed by atoms with Crippen molar-refractivity contribution in [2.75, 3.05) is 13.6 Å². The van der Waals surface area contributed by atoms with Gasteiger partial charge in [0, 0.05) is 11.0 Å². The van der Waals surface area contributed by atoms with Gasteiger partial charge < -0.3 is 5.73 Å². The molecule has 0 spiro atoms. The highest BCUT2D eigenvalue weighted by atomic mass is 79.9. The van der Waals surface area contributed by atoms with E-state index in [1.54, 1.807) is 0 Å². The smallest absolute Gasteiger partial charge is 0.112 e. The maximum atomic E-state index is 6.31. The predicted molar refractivity (Wildman–Crippen MR) is 102 cm³/mol. The molecule has 1 saturated heterocycles. The third-order valence-corrected chi connectivity index (χ3v) is 6.01. The minimum Gasteiger partial charge on any atom is -0.303 e. The molecule has 0 radical (unpaired) electrons. The molecule has 2 aromatic carbocycles. The minimum absolute atomic E-state index is 0.139. The van der Waals surface area contributed by atoms with Gasteiger partial charge in [0.25, 0.3) is 0 Å². The molecule has 2 unspecified atom stereocenters. The van der Waals surface area contributed by atoms with Gasteiger partial charge in [-0.3, -0.25) is 10.2 Å². The lowest BCUT2D eigenvalue weighted by Gasteiger charge is -2.32. The summed E-state index contributed by atoms with van der Waals surface area (Å²) in [5.74, 6) is 0. The molecule has 0 amide bonds. The van der Waals surface area contributed by atoms with Crippen LogP contribution in [0, 0.1) is 0 Å². The molecule has 0 saturated carbocycles. The van der Waals surface area contributed by atoms with Crippen LogP contribution in [0.4, 0.5) is 0 Å². The average molecular weight is 386 g/mol. The van der Waals surface area contributed by atoms with E-state index in [0.29, 0.717) is 0 Å². The van der Waals surface area contributed by atoms with E-state index in [-0.39, 0.29) is 11.8 Å². The molecule has 2 aliphatic rings. The van der Waals surface area contributed by atoms with Crippen LogP contribution in [0.2, 0.25) is 0 Å². The lowest BCUT2D eigenvalue weighted by atomic mass is 9.80. The molecule has 1 aliphatic carbocycles. The number of nitrogens with two attached hydrogens (primary N) is 1. The standard InChI is InChI=1S/C20H24BrN3/c1-24-13-20(23-19(24)22,16-7-4-8-18(21)12-16)17-10-9-14-5-2-3-6-15(14)11-17/h4,7-12,19,23H,2-3,5-6,13,22H2,1H3. The summed E-state index contributed by atoms with van der Waals surface area (Å²) in [7, 11) is 2.08. The highest BCUT2D eigenvalue weighted by molar-refractivity contribution is 9.10. The minimum atomic E-state index is -0.260. The summed E-state index contributed by atoms with van der Waals surface area (Å²) in [6.45, 7) is 0.864. The Balaban J connectivity index is 1.85. The average Bonchev–Trinajstić information content (AvgIpc) is 2.91. The van der Waals surface area contributed by atoms with E-state index >= 15 is 0 Å². The number of nitrogens with zero attached hydrogens (tertiary/aromatic N) is 1. The van der Waals surface area contributed by atoms with Gasteiger partial charge in [-0.25, -0.2) is 0 Å². The molecular formula is C20H24BrN3. The van der Waals surface area contributed by atoms with Crippen molar-refractivity contribution in [2.45, 2.75) is 37.5 Å². The largest absolute Gasteiger partial charge is 0.303 e. The number of rotatable bonds is 2. The second kappa shape index (κ2) is 6.26. The molecule has 1 heterocycles. The Labute approximate surface area is 152 Å². The van der Waals surface area contributed by atoms with Crippen molar-refractivity contribution in [3.63, 3.8) is 0 Å². The Morgan fingerprint density at radius 1 is 1.08 bits per heavy atom. The van der Waals surface area contributed by atoms with E-state index in [1.807, 2.05) is 0 Å². The molecule has 3 N–H and O–H groups in total. The number of benzene rings is 2. The van der Waals surface area contributed by atoms with Crippen LogP contribution in [0.25, 0.3) is 0 Å². The van der Waals surface area contributed by atoms with Crippen molar-refractivity contribution in [3.05, 3.63) is 69.2 Å². The Bertz CT molecular complexity index is 748. The Kier molecular flexibility index (Phi) is 4.25. The molecule has 1 fully saturated rings. The van der Waals surface area contributed by atoms with E-state index in [4.69, 9.17) is 5.73 Å². The first-order valence-corrected chi connectivity index (χ1v) is 9.50. The van der Waals surface area contributed by atoms with E-state index < -0.39 is 0 Å². The van der Waals surface area contributed by atoms with Crippen LogP contribution in [0.15, 0.2) is 46.9 Å². The highest BCUT2D eigenvalue weighted by Crippen LogP contribution is 2.37. The Morgan fingerprint density at radius 2 is 1.83 bits per heavy atom. The predicted octanol–water partition coefficient (Wildman–Crippen LogP) is 3.35. The van der Waals surface area contributed by atoms with Gasteiger partial charge in [-0.05, 0) is 67.1 Å². The topological polar surface area (TPSA) is 41.3 Å². The number of hydrogen-bond acceptors (Lipinski definition) is 3. The molecule has 3 nitrogen and oxygen atoms in total. The third kappa shape index (κ3) is 2.72. The monoisotopic (exact) mass is 385 g/mol. The van der Waals surface area contributed by atoms with Gasteiger partial charge >= 0.3 is 0 Å². The van der Waals surface area contributed by atoms with Crippen LogP contribution in [-0.2, 0) is 18.4 Å². The zero-order valence-electron chi connectivity index (χ0n) is 14.1. The Morgan fingerprint density at radius 3 is 2.54 bits per heavy atom. The molecule has 0 aromatic heterocycles. The Hall–Kier alpha value is -1.20. The van der Waals surface area contributed by atoms with Gasteiger partial charge in [-0.2, -0.15) is 0 Å². The first-order chi connectivity index (χ1) is 11.6. The van der Waals surface area contributed by atoms with E-state index in [9.17, 15) is 0 Å². The summed E-state index contributed by atoms with van der Waals surface area (Å²) in [6, 6.07) is 15.6. The van der Waals surface area contributed by atoms with E-state index in [1.165, 1.54) is 47.9 Å². The molecule has 1 aliphatic heterocycles. The summed E-state index contributed by atoms with van der Waals surface area (Å²) >= 11 is 3.62. The first-order valence-electron chi connectivity index (χ1n) is 8.70. The molecular weight excluding hydrogens is 362 g/mol. The summed E-state index contributed by atoms with van der Waals surface area (Å²) in [5.41, 5.74) is 11.7. The number of likely N-dealkylation sites (N-methyl/N-ethyl adjacent to an activating group) is 1. The van der Waals surface area contributed by atoms with Crippen LogP contribution in [-0.4, -0.2) is 24.8 Å². The summed E-state index contributed by atoms with van der Waals surface area (Å²) in [5, 5.41) is 3.67. The zero-order chi connectivity index (χ0) is 16.7. The van der Waals surface area contributed by atoms with Gasteiger partial charge in [0.15, 0.2) is 0 Å². The molecule has 4 heteroatoms. The number of fused-ring (bicyclic) bond motifs is 1. The molecule has 126 valence electrons. The van der Waals surface area contributed by atoms with Gasteiger partial charge in [0.2, 0.25) is 0 Å². The summed E-state index contributed by atoms with van der Waals surface area (Å²) < 4.78 is 1.10. The fourth-order valence-corrected chi connectivity index (χ4v) is 4.55. The lowest BCUT2D eigenvalue weighted by molar-refractivity contribution is 0.302. The molecule has 2 atom stereocenters. The number of nitrogens with one attached hydrogen (secondary N) is 1. The maximum Gasteiger partial charge on any atom is 0.112 e. The lowest BCUT2D eigenvalue weighted by Crippen LogP contribution is -2.47. The van der Waals surface area contributed by atoms with Crippen LogP contribution in [0.1, 0.15) is 35.1 Å². The van der Waals surface area contributed by atoms with Crippen LogP contribution < -0.4 is 11.1 Å². The fourth-order valence-electron chi connectivity index (χ4n) is 4.15. The van der Waals surface area contributed by atoms with Gasteiger partial charge in [0.1, 0.15) is 6.29 Å². The quantitative estimate of drug-likeness (QED) is 0.832. The van der Waals surface area contributed by atoms with E-state index in [0.717, 1.165) is 11.0 Å². The normalized spacial score (nSPS) is 27.2. The summed E-state index contributed by atoms with van der Waals surface area (Å²) in [4.78, 5) is 2.18. The van der Waals surface area contributed by atoms with Crippen molar-refractivity contribution in [1.82, 2.24) is 10.2 Å². The molecule has 2 aromatic rings. The number of hydrogen-bond donors (Lipinski definition) is 2. The van der Waals surface area contributed by atoms with Crippen LogP contribution in [0.3, 0.4) is 0 Å². The molecule has 24 heavy (non-hydrogen) atoms. The fraction of sp³-hybridized carbons (Fsp3) is 0.400. The second-order valence-electron chi connectivity index (χ2n) is 7.11. The highest BCUT2D eigenvalue weighted by Gasteiger charge is 2.43. The van der Waals surface area contributed by atoms with Crippen molar-refractivity contribution in [1.29, 1.82) is 0 Å². The van der Waals surface area contributed by atoms with Crippen molar-refractivity contribution in [3.8, 4) is 0 Å². The number of aryl methyl sites for hydroxylation is 2. The van der Waals surface area contributed by atoms with Crippen molar-refractivity contribution in [2.24, 2.45) is 5.73 Å². The van der Waals surface area contributed by atoms with Crippen molar-refractivity contribution >= 4 is 15.9 Å². The van der Waals surface area contributed by atoms with Crippen LogP contribution >= 0.6 is 15.9 Å². The van der Waals surface area contributed by atoms with Crippen LogP contribution in [0.5, 0.6) is 0 Å². The maximum absolute atomic E-state index is 6.31. The van der Waals surface area contributed by atoms with Crippen molar-refractivity contribution < 1.29 is 0 Å². The van der Waals surface area contributed by atoms with Gasteiger partial charge in [-0.1, -0.05) is 46.3 Å². The van der Waals surface area contributed by atoms with Gasteiger partial charge in [0.05, 0.1) is 5.54 Å². The number of halogens is 1. The SMILES string of the molecule is CN1CC(c2cccc(Br)c2)(c2ccc3c(c2)CCCC3)NC1N. The van der Waals surface area contributed by atoms with E-state index in [2.05, 4.69) is 75.7 Å². The third-order valence-electron chi connectivity index (χ3n) is 5.51. The first kappa shape index (κ1) is 16.3. The molecule has 0 bridgehead atoms. The summed E-state index contributed by atoms with van der Waals surface area (Å²) in [6.07, 6.45) is 4.88. The second-order valence-corrected chi connectivity index (χ2v) is 8.03. The molecule has 4 rings (SSSR count). The zero-order valence-corrected chi connectivity index (χ0v) is 15.6.